The molecule has 2 N–H and O–H groups in total. The number of rotatable bonds is 4. The molecule has 2 aromatic heterocycles. The molecule has 0 unspecified atom stereocenters. The Morgan fingerprint density at radius 3 is 2.94 bits per heavy atom. The first-order valence-corrected chi connectivity index (χ1v) is 7.68. The van der Waals surface area contributed by atoms with Crippen molar-refractivity contribution in [2.75, 3.05) is 12.0 Å². The highest BCUT2D eigenvalue weighted by Crippen LogP contribution is 2.25. The maximum atomic E-state index is 6.03. The molecule has 0 aliphatic heterocycles. The normalized spacial score (nSPS) is 10.6. The smallest absolute Gasteiger partial charge is 0.190 e. The van der Waals surface area contributed by atoms with Crippen LogP contribution in [0.5, 0.6) is 0 Å². The van der Waals surface area contributed by atoms with E-state index >= 15 is 0 Å². The van der Waals surface area contributed by atoms with Crippen LogP contribution in [0.1, 0.15) is 5.69 Å². The van der Waals surface area contributed by atoms with Gasteiger partial charge in [0.1, 0.15) is 10.8 Å². The number of nitrogens with two attached hydrogens (primary N) is 1. The minimum Gasteiger partial charge on any atom is -0.384 e. The quantitative estimate of drug-likeness (QED) is 0.531. The molecule has 7 heteroatoms. The van der Waals surface area contributed by atoms with Crippen molar-refractivity contribution < 1.29 is 0 Å². The summed E-state index contributed by atoms with van der Waals surface area (Å²) in [5.74, 6) is 1.10. The minimum absolute atomic E-state index is 0.476. The first-order chi connectivity index (χ1) is 8.69. The topological polar surface area (TPSA) is 64.7 Å². The van der Waals surface area contributed by atoms with Gasteiger partial charge in [-0.05, 0) is 18.4 Å². The molecule has 0 bridgehead atoms. The van der Waals surface area contributed by atoms with Crippen molar-refractivity contribution in [3.05, 3.63) is 35.1 Å². The summed E-state index contributed by atoms with van der Waals surface area (Å²) in [6.07, 6.45) is 3.67. The standard InChI is InChI=1S/C11H11ClN4S2/c1-17-10-5-9(13)15-11(16-10)18-6-8-7(12)3-2-4-14-8/h2-5H,6H2,1H3,(H2,13,15,16). The Kier molecular flexibility index (Phi) is 4.68. The molecule has 0 amide bonds. The van der Waals surface area contributed by atoms with Gasteiger partial charge in [-0.3, -0.25) is 4.98 Å². The molecular formula is C11H11ClN4S2. The van der Waals surface area contributed by atoms with Gasteiger partial charge in [-0.25, -0.2) is 9.97 Å². The summed E-state index contributed by atoms with van der Waals surface area (Å²) >= 11 is 9.04. The molecule has 2 heterocycles. The van der Waals surface area contributed by atoms with E-state index in [0.717, 1.165) is 10.7 Å². The molecular weight excluding hydrogens is 288 g/mol. The van der Waals surface area contributed by atoms with Gasteiger partial charge in [0.2, 0.25) is 0 Å². The number of anilines is 1. The first-order valence-electron chi connectivity index (χ1n) is 5.10. The van der Waals surface area contributed by atoms with Crippen molar-refractivity contribution in [2.45, 2.75) is 15.9 Å². The lowest BCUT2D eigenvalue weighted by Gasteiger charge is -2.04. The Morgan fingerprint density at radius 1 is 1.39 bits per heavy atom. The van der Waals surface area contributed by atoms with E-state index in [1.54, 1.807) is 18.3 Å². The molecule has 2 aromatic rings. The number of hydrogen-bond donors (Lipinski definition) is 1. The molecule has 0 fully saturated rings. The predicted molar refractivity (Wildman–Crippen MR) is 77.0 cm³/mol. The molecule has 0 atom stereocenters. The molecule has 2 rings (SSSR count). The van der Waals surface area contributed by atoms with Gasteiger partial charge in [-0.2, -0.15) is 0 Å². The monoisotopic (exact) mass is 298 g/mol. The number of nitrogen functional groups attached to an aromatic ring is 1. The van der Waals surface area contributed by atoms with E-state index in [-0.39, 0.29) is 0 Å². The summed E-state index contributed by atoms with van der Waals surface area (Å²) in [6, 6.07) is 5.37. The highest BCUT2D eigenvalue weighted by Gasteiger charge is 2.06. The van der Waals surface area contributed by atoms with Crippen molar-refractivity contribution >= 4 is 40.9 Å². The molecule has 0 saturated carbocycles. The van der Waals surface area contributed by atoms with Gasteiger partial charge in [0, 0.05) is 18.0 Å². The van der Waals surface area contributed by atoms with E-state index in [1.165, 1.54) is 23.5 Å². The van der Waals surface area contributed by atoms with Gasteiger partial charge >= 0.3 is 0 Å². The van der Waals surface area contributed by atoms with E-state index in [9.17, 15) is 0 Å². The van der Waals surface area contributed by atoms with Crippen LogP contribution < -0.4 is 5.73 Å². The predicted octanol–water partition coefficient (Wildman–Crippen LogP) is 3.12. The highest BCUT2D eigenvalue weighted by atomic mass is 35.5. The third-order valence-electron chi connectivity index (χ3n) is 2.08. The van der Waals surface area contributed by atoms with Crippen LogP contribution in [-0.2, 0) is 5.75 Å². The second kappa shape index (κ2) is 6.26. The average molecular weight is 299 g/mol. The van der Waals surface area contributed by atoms with E-state index in [2.05, 4.69) is 15.0 Å². The number of aromatic nitrogens is 3. The lowest BCUT2D eigenvalue weighted by Crippen LogP contribution is -1.96. The van der Waals surface area contributed by atoms with Crippen molar-refractivity contribution in [1.29, 1.82) is 0 Å². The van der Waals surface area contributed by atoms with Gasteiger partial charge < -0.3 is 5.73 Å². The summed E-state index contributed by atoms with van der Waals surface area (Å²) in [4.78, 5) is 12.7. The Morgan fingerprint density at radius 2 is 2.22 bits per heavy atom. The summed E-state index contributed by atoms with van der Waals surface area (Å²) in [6.45, 7) is 0. The molecule has 0 saturated heterocycles. The van der Waals surface area contributed by atoms with E-state index in [4.69, 9.17) is 17.3 Å². The maximum Gasteiger partial charge on any atom is 0.190 e. The minimum atomic E-state index is 0.476. The molecule has 0 spiro atoms. The molecule has 4 nitrogen and oxygen atoms in total. The van der Waals surface area contributed by atoms with Crippen molar-refractivity contribution in [3.63, 3.8) is 0 Å². The number of thioether (sulfide) groups is 2. The Labute approximate surface area is 119 Å². The molecule has 18 heavy (non-hydrogen) atoms. The third-order valence-corrected chi connectivity index (χ3v) is 3.91. The fourth-order valence-corrected chi connectivity index (χ4v) is 2.82. The van der Waals surface area contributed by atoms with E-state index in [0.29, 0.717) is 21.7 Å². The Bertz CT molecular complexity index is 550. The van der Waals surface area contributed by atoms with Gasteiger partial charge in [0.25, 0.3) is 0 Å². The second-order valence-electron chi connectivity index (χ2n) is 3.34. The van der Waals surface area contributed by atoms with Crippen LogP contribution in [0.4, 0.5) is 5.82 Å². The van der Waals surface area contributed by atoms with Crippen LogP contribution in [0.25, 0.3) is 0 Å². The first kappa shape index (κ1) is 13.5. The zero-order valence-electron chi connectivity index (χ0n) is 9.63. The van der Waals surface area contributed by atoms with Crippen LogP contribution >= 0.6 is 35.1 Å². The number of halogens is 1. The lowest BCUT2D eigenvalue weighted by molar-refractivity contribution is 0.899. The summed E-state index contributed by atoms with van der Waals surface area (Å²) in [5.41, 5.74) is 6.53. The number of hydrogen-bond acceptors (Lipinski definition) is 6. The Hall–Kier alpha value is -0.980. The van der Waals surface area contributed by atoms with Crippen LogP contribution in [-0.4, -0.2) is 21.2 Å². The Balaban J connectivity index is 2.11. The molecule has 0 aliphatic rings. The van der Waals surface area contributed by atoms with Crippen LogP contribution in [0.3, 0.4) is 0 Å². The van der Waals surface area contributed by atoms with E-state index in [1.807, 2.05) is 12.3 Å². The van der Waals surface area contributed by atoms with Crippen molar-refractivity contribution in [1.82, 2.24) is 15.0 Å². The van der Waals surface area contributed by atoms with Gasteiger partial charge in [0.05, 0.1) is 10.7 Å². The van der Waals surface area contributed by atoms with Gasteiger partial charge in [0.15, 0.2) is 5.16 Å². The van der Waals surface area contributed by atoms with Crippen molar-refractivity contribution in [3.8, 4) is 0 Å². The molecule has 0 aromatic carbocycles. The summed E-state index contributed by atoms with van der Waals surface area (Å²) < 4.78 is 0. The highest BCUT2D eigenvalue weighted by molar-refractivity contribution is 7.99. The third kappa shape index (κ3) is 3.51. The summed E-state index contributed by atoms with van der Waals surface area (Å²) in [7, 11) is 0. The second-order valence-corrected chi connectivity index (χ2v) is 5.51. The van der Waals surface area contributed by atoms with Crippen LogP contribution in [0.2, 0.25) is 5.02 Å². The van der Waals surface area contributed by atoms with Crippen LogP contribution in [0.15, 0.2) is 34.6 Å². The molecule has 0 radical (unpaired) electrons. The van der Waals surface area contributed by atoms with Crippen LogP contribution in [0, 0.1) is 0 Å². The fraction of sp³-hybridized carbons (Fsp3) is 0.182. The molecule has 0 aliphatic carbocycles. The average Bonchev–Trinajstić information content (AvgIpc) is 2.37. The molecule has 94 valence electrons. The van der Waals surface area contributed by atoms with E-state index < -0.39 is 0 Å². The number of pyridine rings is 1. The lowest BCUT2D eigenvalue weighted by atomic mass is 10.4. The SMILES string of the molecule is CSc1cc(N)nc(SCc2ncccc2Cl)n1. The largest absolute Gasteiger partial charge is 0.384 e. The van der Waals surface area contributed by atoms with Gasteiger partial charge in [-0.15, -0.1) is 11.8 Å². The van der Waals surface area contributed by atoms with Gasteiger partial charge in [-0.1, -0.05) is 23.4 Å². The number of nitrogens with zero attached hydrogens (tertiary/aromatic N) is 3. The zero-order valence-corrected chi connectivity index (χ0v) is 12.0. The van der Waals surface area contributed by atoms with Crippen molar-refractivity contribution in [2.24, 2.45) is 0 Å². The maximum absolute atomic E-state index is 6.03. The zero-order chi connectivity index (χ0) is 13.0. The summed E-state index contributed by atoms with van der Waals surface area (Å²) in [5, 5.41) is 2.15. The fourth-order valence-electron chi connectivity index (χ4n) is 1.25.